The van der Waals surface area contributed by atoms with Crippen LogP contribution in [0.1, 0.15) is 46.0 Å². The van der Waals surface area contributed by atoms with E-state index in [2.05, 4.69) is 16.2 Å². The number of carbonyl (C=O) groups is 1. The van der Waals surface area contributed by atoms with Gasteiger partial charge in [-0.3, -0.25) is 14.3 Å². The molecular formula is C22H16N6O4. The molecule has 1 saturated heterocycles. The second-order valence-corrected chi connectivity index (χ2v) is 8.03. The lowest BCUT2D eigenvalue weighted by molar-refractivity contribution is 0.0700. The second kappa shape index (κ2) is 6.31. The fourth-order valence-corrected chi connectivity index (χ4v) is 4.94. The minimum absolute atomic E-state index is 0.201. The largest absolute Gasteiger partial charge is 0.493 e. The van der Waals surface area contributed by atoms with Crippen molar-refractivity contribution in [1.82, 2.24) is 24.2 Å². The zero-order valence-electron chi connectivity index (χ0n) is 16.9. The predicted octanol–water partition coefficient (Wildman–Crippen LogP) is 2.20. The number of fused-ring (bicyclic) bond motifs is 6. The molecule has 2 aliphatic heterocycles. The average molecular weight is 428 g/mol. The SMILES string of the molecule is Cc1cc(C(=O)N2CC3CC2c2c(O)n(-c4ccc(C#N)c5ncccc45)c(=O)n23)no1. The average Bonchev–Trinajstić information content (AvgIpc) is 3.56. The number of aromatic nitrogens is 4. The number of pyridine rings is 1. The molecule has 10 nitrogen and oxygen atoms in total. The number of aryl methyl sites for hydroxylation is 1. The van der Waals surface area contributed by atoms with E-state index in [9.17, 15) is 20.0 Å². The van der Waals surface area contributed by atoms with Crippen molar-refractivity contribution in [1.29, 1.82) is 5.26 Å². The van der Waals surface area contributed by atoms with Crippen LogP contribution in [0.4, 0.5) is 0 Å². The maximum absolute atomic E-state index is 13.4. The molecule has 5 heterocycles. The third-order valence-electron chi connectivity index (χ3n) is 6.27. The summed E-state index contributed by atoms with van der Waals surface area (Å²) in [6, 6.07) is 9.66. The third kappa shape index (κ3) is 2.27. The molecule has 2 atom stereocenters. The molecule has 2 aliphatic rings. The van der Waals surface area contributed by atoms with Crippen LogP contribution in [0.3, 0.4) is 0 Å². The molecule has 1 N–H and O–H groups in total. The Morgan fingerprint density at radius 2 is 2.19 bits per heavy atom. The van der Waals surface area contributed by atoms with E-state index in [0.29, 0.717) is 46.6 Å². The highest BCUT2D eigenvalue weighted by molar-refractivity contribution is 5.93. The number of hydrogen-bond acceptors (Lipinski definition) is 7. The van der Waals surface area contributed by atoms with Gasteiger partial charge in [0.15, 0.2) is 5.69 Å². The number of imidazole rings is 1. The second-order valence-electron chi connectivity index (χ2n) is 8.03. The van der Waals surface area contributed by atoms with E-state index in [0.717, 1.165) is 0 Å². The topological polar surface area (TPSA) is 130 Å². The first-order chi connectivity index (χ1) is 15.5. The maximum atomic E-state index is 13.4. The van der Waals surface area contributed by atoms with E-state index in [-0.39, 0.29) is 29.2 Å². The molecule has 3 aromatic heterocycles. The van der Waals surface area contributed by atoms with Gasteiger partial charge >= 0.3 is 5.69 Å². The quantitative estimate of drug-likeness (QED) is 0.518. The minimum atomic E-state index is -0.443. The Hall–Kier alpha value is -4.39. The van der Waals surface area contributed by atoms with Crippen LogP contribution in [0.5, 0.6) is 5.88 Å². The molecular weight excluding hydrogens is 412 g/mol. The summed E-state index contributed by atoms with van der Waals surface area (Å²) in [5.74, 6) is 0.0179. The Balaban J connectivity index is 1.50. The number of hydrogen-bond donors (Lipinski definition) is 1. The van der Waals surface area contributed by atoms with Crippen molar-refractivity contribution in [2.45, 2.75) is 25.4 Å². The van der Waals surface area contributed by atoms with Crippen molar-refractivity contribution in [2.75, 3.05) is 6.54 Å². The van der Waals surface area contributed by atoms with Crippen LogP contribution in [-0.2, 0) is 0 Å². The number of aromatic hydroxyl groups is 1. The van der Waals surface area contributed by atoms with Crippen molar-refractivity contribution < 1.29 is 14.4 Å². The normalized spacial score (nSPS) is 18.8. The van der Waals surface area contributed by atoms with Crippen LogP contribution in [0.25, 0.3) is 16.6 Å². The molecule has 2 unspecified atom stereocenters. The number of amides is 1. The molecule has 10 heteroatoms. The van der Waals surface area contributed by atoms with Crippen molar-refractivity contribution in [3.8, 4) is 17.6 Å². The molecule has 0 radical (unpaired) electrons. The molecule has 1 aromatic carbocycles. The molecule has 1 fully saturated rings. The van der Waals surface area contributed by atoms with Crippen LogP contribution >= 0.6 is 0 Å². The molecule has 0 saturated carbocycles. The smallest absolute Gasteiger partial charge is 0.336 e. The van der Waals surface area contributed by atoms with Crippen molar-refractivity contribution >= 4 is 16.8 Å². The van der Waals surface area contributed by atoms with E-state index in [1.165, 1.54) is 4.57 Å². The zero-order valence-corrected chi connectivity index (χ0v) is 16.9. The minimum Gasteiger partial charge on any atom is -0.493 e. The van der Waals surface area contributed by atoms with Gasteiger partial charge in [-0.2, -0.15) is 5.26 Å². The zero-order chi connectivity index (χ0) is 22.1. The van der Waals surface area contributed by atoms with E-state index in [1.54, 1.807) is 52.9 Å². The van der Waals surface area contributed by atoms with Crippen molar-refractivity contribution in [3.63, 3.8) is 0 Å². The standard InChI is InChI=1S/C22H16N6O4/c1-11-7-15(25-32-11)20(29)26-10-13-8-17(26)19-21(30)28(22(31)27(13)19)16-5-4-12(9-23)18-14(16)3-2-6-24-18/h2-7,13,17,30H,8,10H2,1H3. The van der Waals surface area contributed by atoms with Gasteiger partial charge in [-0.25, -0.2) is 9.36 Å². The van der Waals surface area contributed by atoms with Gasteiger partial charge in [-0.15, -0.1) is 0 Å². The van der Waals surface area contributed by atoms with Crippen LogP contribution < -0.4 is 5.69 Å². The molecule has 158 valence electrons. The predicted molar refractivity (Wildman–Crippen MR) is 110 cm³/mol. The first-order valence-electron chi connectivity index (χ1n) is 10.1. The summed E-state index contributed by atoms with van der Waals surface area (Å²) in [6.07, 6.45) is 2.13. The Morgan fingerprint density at radius 3 is 2.94 bits per heavy atom. The van der Waals surface area contributed by atoms with E-state index in [1.807, 2.05) is 0 Å². The van der Waals surface area contributed by atoms with E-state index in [4.69, 9.17) is 4.52 Å². The molecule has 6 rings (SSSR count). The monoisotopic (exact) mass is 428 g/mol. The summed E-state index contributed by atoms with van der Waals surface area (Å²) in [4.78, 5) is 32.2. The Labute approximate surface area is 180 Å². The molecule has 4 aromatic rings. The lowest BCUT2D eigenvalue weighted by Gasteiger charge is -2.26. The van der Waals surface area contributed by atoms with E-state index < -0.39 is 6.04 Å². The molecule has 1 amide bonds. The van der Waals surface area contributed by atoms with Gasteiger partial charge in [-0.05, 0) is 37.6 Å². The van der Waals surface area contributed by atoms with Crippen LogP contribution in [0.2, 0.25) is 0 Å². The molecule has 0 spiro atoms. The summed E-state index contributed by atoms with van der Waals surface area (Å²) < 4.78 is 7.82. The number of carbonyl (C=O) groups excluding carboxylic acids is 1. The number of likely N-dealkylation sites (tertiary alicyclic amines) is 1. The van der Waals surface area contributed by atoms with Gasteiger partial charge in [0.1, 0.15) is 17.5 Å². The Bertz CT molecular complexity index is 1540. The highest BCUT2D eigenvalue weighted by Crippen LogP contribution is 2.49. The summed E-state index contributed by atoms with van der Waals surface area (Å²) in [6.45, 7) is 2.06. The van der Waals surface area contributed by atoms with Gasteiger partial charge in [0.2, 0.25) is 5.88 Å². The first-order valence-corrected chi connectivity index (χ1v) is 10.1. The highest BCUT2D eigenvalue weighted by atomic mass is 16.5. The Morgan fingerprint density at radius 1 is 1.34 bits per heavy atom. The van der Waals surface area contributed by atoms with Gasteiger partial charge in [-0.1, -0.05) is 5.16 Å². The lowest BCUT2D eigenvalue weighted by Crippen LogP contribution is -2.38. The fraction of sp³-hybridized carbons (Fsp3) is 0.227. The first kappa shape index (κ1) is 18.4. The summed E-state index contributed by atoms with van der Waals surface area (Å²) in [5.41, 5.74) is 1.48. The van der Waals surface area contributed by atoms with Gasteiger partial charge in [0, 0.05) is 24.2 Å². The van der Waals surface area contributed by atoms with Gasteiger partial charge in [0.25, 0.3) is 5.91 Å². The number of nitrogens with zero attached hydrogens (tertiary/aromatic N) is 6. The van der Waals surface area contributed by atoms with Crippen LogP contribution in [0.15, 0.2) is 45.8 Å². The third-order valence-corrected chi connectivity index (χ3v) is 6.27. The summed E-state index contributed by atoms with van der Waals surface area (Å²) in [7, 11) is 0. The van der Waals surface area contributed by atoms with Gasteiger partial charge < -0.3 is 14.5 Å². The van der Waals surface area contributed by atoms with Crippen molar-refractivity contribution in [3.05, 3.63) is 69.7 Å². The molecule has 32 heavy (non-hydrogen) atoms. The fourth-order valence-electron chi connectivity index (χ4n) is 4.94. The van der Waals surface area contributed by atoms with Gasteiger partial charge in [0.05, 0.1) is 28.9 Å². The lowest BCUT2D eigenvalue weighted by atomic mass is 10.1. The maximum Gasteiger partial charge on any atom is 0.336 e. The number of rotatable bonds is 2. The van der Waals surface area contributed by atoms with Crippen LogP contribution in [-0.4, -0.2) is 41.7 Å². The number of nitriles is 1. The van der Waals surface area contributed by atoms with Crippen LogP contribution in [0, 0.1) is 18.3 Å². The molecule has 2 bridgehead atoms. The summed E-state index contributed by atoms with van der Waals surface area (Å²) >= 11 is 0. The summed E-state index contributed by atoms with van der Waals surface area (Å²) in [5, 5.41) is 24.9. The van der Waals surface area contributed by atoms with Crippen molar-refractivity contribution in [2.24, 2.45) is 0 Å². The number of benzene rings is 1. The highest BCUT2D eigenvalue weighted by Gasteiger charge is 2.49. The Kier molecular flexibility index (Phi) is 3.62. The molecule has 0 aliphatic carbocycles. The van der Waals surface area contributed by atoms with E-state index >= 15 is 0 Å².